The normalized spacial score (nSPS) is 22.9. The summed E-state index contributed by atoms with van der Waals surface area (Å²) in [5.74, 6) is -0.334. The minimum absolute atomic E-state index is 0.0588. The molecular formula is C13H22N4O4. The van der Waals surface area contributed by atoms with Gasteiger partial charge in [-0.15, -0.1) is 0 Å². The highest BCUT2D eigenvalue weighted by Crippen LogP contribution is 2.19. The van der Waals surface area contributed by atoms with E-state index in [0.717, 1.165) is 12.8 Å². The Morgan fingerprint density at radius 2 is 1.90 bits per heavy atom. The summed E-state index contributed by atoms with van der Waals surface area (Å²) in [4.78, 5) is 39.0. The van der Waals surface area contributed by atoms with Crippen molar-refractivity contribution < 1.29 is 19.1 Å². The predicted molar refractivity (Wildman–Crippen MR) is 74.6 cm³/mol. The molecule has 1 unspecified atom stereocenters. The number of rotatable bonds is 3. The van der Waals surface area contributed by atoms with Gasteiger partial charge < -0.3 is 15.0 Å². The van der Waals surface area contributed by atoms with Crippen molar-refractivity contribution in [3.8, 4) is 0 Å². The average molecular weight is 298 g/mol. The Balaban J connectivity index is 1.88. The Hall–Kier alpha value is -1.67. The molecule has 2 N–H and O–H groups in total. The number of likely N-dealkylation sites (tertiary alicyclic amines) is 1. The third-order valence-electron chi connectivity index (χ3n) is 3.80. The van der Waals surface area contributed by atoms with Crippen molar-refractivity contribution in [3.63, 3.8) is 0 Å². The van der Waals surface area contributed by atoms with E-state index in [4.69, 9.17) is 4.74 Å². The van der Waals surface area contributed by atoms with E-state index in [9.17, 15) is 14.4 Å². The van der Waals surface area contributed by atoms with Gasteiger partial charge in [0.25, 0.3) is 0 Å². The van der Waals surface area contributed by atoms with Gasteiger partial charge in [0, 0.05) is 20.1 Å². The maximum absolute atomic E-state index is 12.5. The van der Waals surface area contributed by atoms with Crippen LogP contribution in [0.5, 0.6) is 0 Å². The molecule has 118 valence electrons. The summed E-state index contributed by atoms with van der Waals surface area (Å²) in [5, 5.41) is 4.55. The van der Waals surface area contributed by atoms with Crippen molar-refractivity contribution in [3.05, 3.63) is 0 Å². The zero-order valence-corrected chi connectivity index (χ0v) is 12.3. The molecule has 0 spiro atoms. The first-order valence-corrected chi connectivity index (χ1v) is 7.24. The Bertz CT molecular complexity index is 409. The fourth-order valence-electron chi connectivity index (χ4n) is 2.70. The molecule has 0 radical (unpaired) electrons. The molecule has 0 aliphatic carbocycles. The smallest absolute Gasteiger partial charge is 0.321 e. The first kappa shape index (κ1) is 15.7. The van der Waals surface area contributed by atoms with Gasteiger partial charge in [-0.2, -0.15) is 0 Å². The molecule has 1 atom stereocenters. The molecule has 2 heterocycles. The molecule has 0 bridgehead atoms. The maximum atomic E-state index is 12.5. The fraction of sp³-hybridized carbons (Fsp3) is 0.769. The van der Waals surface area contributed by atoms with Gasteiger partial charge in [0.05, 0.1) is 25.8 Å². The highest BCUT2D eigenvalue weighted by molar-refractivity contribution is 5.95. The van der Waals surface area contributed by atoms with Crippen LogP contribution in [0.1, 0.15) is 12.8 Å². The quantitative estimate of drug-likeness (QED) is 0.680. The van der Waals surface area contributed by atoms with Gasteiger partial charge in [0.15, 0.2) is 0 Å². The molecule has 2 fully saturated rings. The first-order chi connectivity index (χ1) is 10.1. The highest BCUT2D eigenvalue weighted by atomic mass is 16.5. The zero-order chi connectivity index (χ0) is 15.2. The topological polar surface area (TPSA) is 91.0 Å². The molecule has 2 saturated heterocycles. The Morgan fingerprint density at radius 3 is 2.57 bits per heavy atom. The summed E-state index contributed by atoms with van der Waals surface area (Å²) in [5.41, 5.74) is 0. The number of morpholine rings is 1. The number of carbonyl (C=O) groups is 3. The first-order valence-electron chi connectivity index (χ1n) is 7.24. The van der Waals surface area contributed by atoms with Crippen molar-refractivity contribution in [1.82, 2.24) is 20.4 Å². The number of ether oxygens (including phenoxy) is 1. The minimum Gasteiger partial charge on any atom is -0.378 e. The van der Waals surface area contributed by atoms with Crippen LogP contribution in [0.25, 0.3) is 0 Å². The Kier molecular flexibility index (Phi) is 5.51. The largest absolute Gasteiger partial charge is 0.378 e. The lowest BCUT2D eigenvalue weighted by Gasteiger charge is -2.32. The molecule has 0 saturated carbocycles. The van der Waals surface area contributed by atoms with Crippen LogP contribution in [0.4, 0.5) is 4.79 Å². The number of imide groups is 1. The molecule has 0 aromatic carbocycles. The summed E-state index contributed by atoms with van der Waals surface area (Å²) in [7, 11) is 1.45. The van der Waals surface area contributed by atoms with E-state index in [2.05, 4.69) is 10.6 Å². The zero-order valence-electron chi connectivity index (χ0n) is 12.3. The van der Waals surface area contributed by atoms with E-state index in [1.165, 1.54) is 7.05 Å². The van der Waals surface area contributed by atoms with Crippen LogP contribution in [0, 0.1) is 0 Å². The van der Waals surface area contributed by atoms with Crippen LogP contribution >= 0.6 is 0 Å². The molecule has 0 aromatic heterocycles. The van der Waals surface area contributed by atoms with E-state index >= 15 is 0 Å². The van der Waals surface area contributed by atoms with Crippen LogP contribution in [0.2, 0.25) is 0 Å². The van der Waals surface area contributed by atoms with Gasteiger partial charge in [-0.1, -0.05) is 0 Å². The number of hydrogen-bond acceptors (Lipinski definition) is 5. The lowest BCUT2D eigenvalue weighted by atomic mass is 10.2. The van der Waals surface area contributed by atoms with Crippen LogP contribution in [-0.4, -0.2) is 80.1 Å². The molecule has 2 aliphatic rings. The van der Waals surface area contributed by atoms with Gasteiger partial charge in [0.2, 0.25) is 11.8 Å². The monoisotopic (exact) mass is 298 g/mol. The van der Waals surface area contributed by atoms with Gasteiger partial charge in [-0.25, -0.2) is 4.79 Å². The standard InChI is InChI=1S/C13H22N4O4/c1-14-13(20)15-11(18)9-17-4-2-3-10(17)12(19)16-5-7-21-8-6-16/h10H,2-9H2,1H3,(H2,14,15,18,20). The average Bonchev–Trinajstić information content (AvgIpc) is 2.95. The Labute approximate surface area is 123 Å². The van der Waals surface area contributed by atoms with Gasteiger partial charge in [0.1, 0.15) is 0 Å². The minimum atomic E-state index is -0.532. The SMILES string of the molecule is CNC(=O)NC(=O)CN1CCCC1C(=O)N1CCOCC1. The summed E-state index contributed by atoms with van der Waals surface area (Å²) >= 11 is 0. The van der Waals surface area contributed by atoms with E-state index in [-0.39, 0.29) is 18.5 Å². The summed E-state index contributed by atoms with van der Waals surface area (Å²) in [6.45, 7) is 3.10. The number of nitrogens with zero attached hydrogens (tertiary/aromatic N) is 2. The summed E-state index contributed by atoms with van der Waals surface area (Å²) in [6, 6.07) is -0.797. The number of carbonyl (C=O) groups excluding carboxylic acids is 3. The second kappa shape index (κ2) is 7.37. The van der Waals surface area contributed by atoms with Crippen molar-refractivity contribution in [2.24, 2.45) is 0 Å². The maximum Gasteiger partial charge on any atom is 0.321 e. The molecule has 2 rings (SSSR count). The summed E-state index contributed by atoms with van der Waals surface area (Å²) < 4.78 is 5.24. The van der Waals surface area contributed by atoms with Crippen LogP contribution in [-0.2, 0) is 14.3 Å². The number of amides is 4. The van der Waals surface area contributed by atoms with Crippen molar-refractivity contribution in [2.75, 3.05) is 46.4 Å². The van der Waals surface area contributed by atoms with E-state index in [0.29, 0.717) is 32.8 Å². The van der Waals surface area contributed by atoms with Gasteiger partial charge in [-0.3, -0.25) is 19.8 Å². The van der Waals surface area contributed by atoms with E-state index < -0.39 is 11.9 Å². The van der Waals surface area contributed by atoms with Crippen LogP contribution in [0.3, 0.4) is 0 Å². The molecule has 21 heavy (non-hydrogen) atoms. The lowest BCUT2D eigenvalue weighted by molar-refractivity contribution is -0.140. The second-order valence-electron chi connectivity index (χ2n) is 5.19. The number of nitrogens with one attached hydrogen (secondary N) is 2. The fourth-order valence-corrected chi connectivity index (χ4v) is 2.70. The molecular weight excluding hydrogens is 276 g/mol. The molecule has 4 amide bonds. The van der Waals surface area contributed by atoms with Crippen LogP contribution in [0.15, 0.2) is 0 Å². The molecule has 2 aliphatic heterocycles. The molecule has 8 nitrogen and oxygen atoms in total. The van der Waals surface area contributed by atoms with Crippen molar-refractivity contribution in [2.45, 2.75) is 18.9 Å². The number of urea groups is 1. The third kappa shape index (κ3) is 4.15. The van der Waals surface area contributed by atoms with Gasteiger partial charge in [-0.05, 0) is 19.4 Å². The second-order valence-corrected chi connectivity index (χ2v) is 5.19. The van der Waals surface area contributed by atoms with E-state index in [1.54, 1.807) is 4.90 Å². The van der Waals surface area contributed by atoms with Crippen molar-refractivity contribution in [1.29, 1.82) is 0 Å². The molecule has 0 aromatic rings. The number of hydrogen-bond donors (Lipinski definition) is 2. The van der Waals surface area contributed by atoms with Crippen LogP contribution < -0.4 is 10.6 Å². The molecule has 8 heteroatoms. The lowest BCUT2D eigenvalue weighted by Crippen LogP contribution is -2.52. The van der Waals surface area contributed by atoms with Gasteiger partial charge >= 0.3 is 6.03 Å². The Morgan fingerprint density at radius 1 is 1.19 bits per heavy atom. The highest BCUT2D eigenvalue weighted by Gasteiger charge is 2.35. The van der Waals surface area contributed by atoms with E-state index in [1.807, 2.05) is 4.90 Å². The predicted octanol–water partition coefficient (Wildman–Crippen LogP) is -1.23. The summed E-state index contributed by atoms with van der Waals surface area (Å²) in [6.07, 6.45) is 1.64. The third-order valence-corrected chi connectivity index (χ3v) is 3.80. The van der Waals surface area contributed by atoms with Crippen molar-refractivity contribution >= 4 is 17.8 Å².